The van der Waals surface area contributed by atoms with Gasteiger partial charge in [0.1, 0.15) is 5.82 Å². The molecule has 0 bridgehead atoms. The van der Waals surface area contributed by atoms with Gasteiger partial charge in [-0.2, -0.15) is 0 Å². The van der Waals surface area contributed by atoms with E-state index in [0.29, 0.717) is 13.0 Å². The van der Waals surface area contributed by atoms with Crippen molar-refractivity contribution >= 4 is 5.97 Å². The van der Waals surface area contributed by atoms with Crippen molar-refractivity contribution in [2.24, 2.45) is 0 Å². The highest BCUT2D eigenvalue weighted by molar-refractivity contribution is 5.69. The van der Waals surface area contributed by atoms with Crippen LogP contribution in [0.2, 0.25) is 0 Å². The Kier molecular flexibility index (Phi) is 4.92. The normalized spacial score (nSPS) is 12.2. The SMILES string of the molecule is COC(=O)CCNC(C)c1cccc(F)c1. The summed E-state index contributed by atoms with van der Waals surface area (Å²) in [5, 5.41) is 3.12. The van der Waals surface area contributed by atoms with Crippen LogP contribution in [0.3, 0.4) is 0 Å². The summed E-state index contributed by atoms with van der Waals surface area (Å²) in [6, 6.07) is 6.42. The van der Waals surface area contributed by atoms with E-state index in [1.54, 1.807) is 6.07 Å². The lowest BCUT2D eigenvalue weighted by Crippen LogP contribution is -2.22. The molecular weight excluding hydrogens is 209 g/mol. The maximum atomic E-state index is 12.9. The van der Waals surface area contributed by atoms with Crippen LogP contribution in [0.5, 0.6) is 0 Å². The van der Waals surface area contributed by atoms with Crippen LogP contribution in [0.25, 0.3) is 0 Å². The van der Waals surface area contributed by atoms with Crippen LogP contribution in [-0.2, 0) is 9.53 Å². The highest BCUT2D eigenvalue weighted by Gasteiger charge is 2.06. The second-order valence-electron chi connectivity index (χ2n) is 3.56. The lowest BCUT2D eigenvalue weighted by molar-refractivity contribution is -0.140. The fourth-order valence-corrected chi connectivity index (χ4v) is 1.39. The predicted molar refractivity (Wildman–Crippen MR) is 59.5 cm³/mol. The van der Waals surface area contributed by atoms with Crippen molar-refractivity contribution in [1.29, 1.82) is 0 Å². The maximum absolute atomic E-state index is 12.9. The minimum Gasteiger partial charge on any atom is -0.469 e. The fourth-order valence-electron chi connectivity index (χ4n) is 1.39. The molecule has 1 rings (SSSR count). The molecular formula is C12H16FNO2. The molecule has 0 aliphatic carbocycles. The minimum atomic E-state index is -0.251. The zero-order valence-electron chi connectivity index (χ0n) is 9.50. The van der Waals surface area contributed by atoms with E-state index in [0.717, 1.165) is 5.56 Å². The Morgan fingerprint density at radius 2 is 2.31 bits per heavy atom. The predicted octanol–water partition coefficient (Wildman–Crippen LogP) is 2.04. The van der Waals surface area contributed by atoms with Gasteiger partial charge in [0.25, 0.3) is 0 Å². The third-order valence-corrected chi connectivity index (χ3v) is 2.36. The summed E-state index contributed by atoms with van der Waals surface area (Å²) in [4.78, 5) is 10.9. The Morgan fingerprint density at radius 3 is 2.94 bits per heavy atom. The molecule has 0 saturated heterocycles. The largest absolute Gasteiger partial charge is 0.469 e. The molecule has 1 aromatic rings. The number of benzene rings is 1. The summed E-state index contributed by atoms with van der Waals surface area (Å²) in [7, 11) is 1.36. The molecule has 0 heterocycles. The lowest BCUT2D eigenvalue weighted by Gasteiger charge is -2.13. The van der Waals surface area contributed by atoms with Gasteiger partial charge < -0.3 is 10.1 Å². The van der Waals surface area contributed by atoms with E-state index >= 15 is 0 Å². The van der Waals surface area contributed by atoms with Crippen molar-refractivity contribution < 1.29 is 13.9 Å². The summed E-state index contributed by atoms with van der Waals surface area (Å²) in [5.41, 5.74) is 0.866. The molecule has 0 aliphatic heterocycles. The number of halogens is 1. The number of ether oxygens (including phenoxy) is 1. The first-order valence-electron chi connectivity index (χ1n) is 5.19. The second-order valence-corrected chi connectivity index (χ2v) is 3.56. The van der Waals surface area contributed by atoms with Gasteiger partial charge in [-0.25, -0.2) is 4.39 Å². The molecule has 1 atom stereocenters. The third-order valence-electron chi connectivity index (χ3n) is 2.36. The van der Waals surface area contributed by atoms with Crippen molar-refractivity contribution in [2.45, 2.75) is 19.4 Å². The molecule has 0 aromatic heterocycles. The molecule has 1 unspecified atom stereocenters. The van der Waals surface area contributed by atoms with Gasteiger partial charge in [0.2, 0.25) is 0 Å². The van der Waals surface area contributed by atoms with Crippen LogP contribution in [0.1, 0.15) is 24.9 Å². The number of esters is 1. The number of methoxy groups -OCH3 is 1. The summed E-state index contributed by atoms with van der Waals surface area (Å²) in [6.45, 7) is 2.44. The Balaban J connectivity index is 2.40. The van der Waals surface area contributed by atoms with Gasteiger partial charge >= 0.3 is 5.97 Å². The van der Waals surface area contributed by atoms with Crippen LogP contribution >= 0.6 is 0 Å². The van der Waals surface area contributed by atoms with Gasteiger partial charge in [0, 0.05) is 12.6 Å². The number of carbonyl (C=O) groups is 1. The first-order chi connectivity index (χ1) is 7.63. The van der Waals surface area contributed by atoms with Crippen LogP contribution in [0.4, 0.5) is 4.39 Å². The minimum absolute atomic E-state index is 0.0142. The zero-order chi connectivity index (χ0) is 12.0. The standard InChI is InChI=1S/C12H16FNO2/c1-9(14-7-6-12(15)16-2)10-4-3-5-11(13)8-10/h3-5,8-9,14H,6-7H2,1-2H3. The molecule has 0 saturated carbocycles. The molecule has 0 spiro atoms. The quantitative estimate of drug-likeness (QED) is 0.779. The average molecular weight is 225 g/mol. The smallest absolute Gasteiger partial charge is 0.306 e. The van der Waals surface area contributed by atoms with Crippen molar-refractivity contribution in [3.05, 3.63) is 35.6 Å². The van der Waals surface area contributed by atoms with Crippen LogP contribution in [0, 0.1) is 5.82 Å². The first kappa shape index (κ1) is 12.6. The monoisotopic (exact) mass is 225 g/mol. The highest BCUT2D eigenvalue weighted by Crippen LogP contribution is 2.13. The second kappa shape index (κ2) is 6.23. The van der Waals surface area contributed by atoms with Gasteiger partial charge in [0.05, 0.1) is 13.5 Å². The Labute approximate surface area is 94.6 Å². The van der Waals surface area contributed by atoms with Crippen molar-refractivity contribution in [3.63, 3.8) is 0 Å². The third kappa shape index (κ3) is 3.98. The summed E-state index contributed by atoms with van der Waals surface area (Å²) < 4.78 is 17.4. The Hall–Kier alpha value is -1.42. The average Bonchev–Trinajstić information content (AvgIpc) is 2.28. The summed E-state index contributed by atoms with van der Waals surface area (Å²) >= 11 is 0. The van der Waals surface area contributed by atoms with E-state index < -0.39 is 0 Å². The van der Waals surface area contributed by atoms with E-state index in [2.05, 4.69) is 10.1 Å². The van der Waals surface area contributed by atoms with Gasteiger partial charge in [-0.05, 0) is 24.6 Å². The number of rotatable bonds is 5. The van der Waals surface area contributed by atoms with Crippen LogP contribution in [-0.4, -0.2) is 19.6 Å². The maximum Gasteiger partial charge on any atom is 0.306 e. The summed E-state index contributed by atoms with van der Waals surface area (Å²) in [5.74, 6) is -0.502. The molecule has 88 valence electrons. The molecule has 1 aromatic carbocycles. The van der Waals surface area contributed by atoms with E-state index in [-0.39, 0.29) is 17.8 Å². The number of carbonyl (C=O) groups excluding carboxylic acids is 1. The van der Waals surface area contributed by atoms with Crippen LogP contribution < -0.4 is 5.32 Å². The van der Waals surface area contributed by atoms with Crippen molar-refractivity contribution in [3.8, 4) is 0 Å². The molecule has 0 aliphatic rings. The van der Waals surface area contributed by atoms with E-state index in [1.807, 2.05) is 13.0 Å². The first-order valence-corrected chi connectivity index (χ1v) is 5.19. The molecule has 4 heteroatoms. The van der Waals surface area contributed by atoms with Crippen molar-refractivity contribution in [2.75, 3.05) is 13.7 Å². The van der Waals surface area contributed by atoms with E-state index in [9.17, 15) is 9.18 Å². The van der Waals surface area contributed by atoms with Gasteiger partial charge in [0.15, 0.2) is 0 Å². The topological polar surface area (TPSA) is 38.3 Å². The molecule has 0 radical (unpaired) electrons. The molecule has 3 nitrogen and oxygen atoms in total. The van der Waals surface area contributed by atoms with Crippen molar-refractivity contribution in [1.82, 2.24) is 5.32 Å². The lowest BCUT2D eigenvalue weighted by atomic mass is 10.1. The van der Waals surface area contributed by atoms with E-state index in [4.69, 9.17) is 0 Å². The van der Waals surface area contributed by atoms with Gasteiger partial charge in [-0.3, -0.25) is 4.79 Å². The van der Waals surface area contributed by atoms with Gasteiger partial charge in [-0.1, -0.05) is 12.1 Å². The number of nitrogens with one attached hydrogen (secondary N) is 1. The molecule has 1 N–H and O–H groups in total. The Bertz CT molecular complexity index is 355. The fraction of sp³-hybridized carbons (Fsp3) is 0.417. The zero-order valence-corrected chi connectivity index (χ0v) is 9.50. The Morgan fingerprint density at radius 1 is 1.56 bits per heavy atom. The highest BCUT2D eigenvalue weighted by atomic mass is 19.1. The molecule has 0 amide bonds. The molecule has 0 fully saturated rings. The number of hydrogen-bond donors (Lipinski definition) is 1. The van der Waals surface area contributed by atoms with Crippen LogP contribution in [0.15, 0.2) is 24.3 Å². The molecule has 16 heavy (non-hydrogen) atoms. The number of hydrogen-bond acceptors (Lipinski definition) is 3. The van der Waals surface area contributed by atoms with E-state index in [1.165, 1.54) is 19.2 Å². The summed E-state index contributed by atoms with van der Waals surface area (Å²) in [6.07, 6.45) is 0.316. The van der Waals surface area contributed by atoms with Gasteiger partial charge in [-0.15, -0.1) is 0 Å².